The van der Waals surface area contributed by atoms with Crippen molar-refractivity contribution in [1.82, 2.24) is 0 Å². The highest BCUT2D eigenvalue weighted by Gasteiger charge is 2.32. The Morgan fingerprint density at radius 2 is 2.00 bits per heavy atom. The van der Waals surface area contributed by atoms with Gasteiger partial charge in [0.25, 0.3) is 0 Å². The number of allylic oxidation sites excluding steroid dienone is 1. The first kappa shape index (κ1) is 13.9. The van der Waals surface area contributed by atoms with Crippen LogP contribution in [0.15, 0.2) is 30.0 Å². The monoisotopic (exact) mass is 275 g/mol. The molecule has 0 fully saturated rings. The van der Waals surface area contributed by atoms with E-state index in [2.05, 4.69) is 0 Å². The standard InChI is InChI=1S/C13H13F4NO/c14-10-5-4-8(13(15,16)17)7-9(10)12(18)11-3-1-2-6-19-11/h3-5,7,12H,1-2,6,18H2. The molecule has 1 heterocycles. The zero-order valence-electron chi connectivity index (χ0n) is 10.0. The number of ether oxygens (including phenoxy) is 1. The van der Waals surface area contributed by atoms with Crippen molar-refractivity contribution in [2.45, 2.75) is 25.1 Å². The summed E-state index contributed by atoms with van der Waals surface area (Å²) in [5, 5.41) is 0. The third-order valence-corrected chi connectivity index (χ3v) is 2.93. The zero-order valence-corrected chi connectivity index (χ0v) is 10.0. The Bertz CT molecular complexity index is 496. The van der Waals surface area contributed by atoms with E-state index in [0.29, 0.717) is 18.4 Å². The Labute approximate surface area is 107 Å². The fraction of sp³-hybridized carbons (Fsp3) is 0.385. The van der Waals surface area contributed by atoms with E-state index < -0.39 is 23.6 Å². The first-order valence-corrected chi connectivity index (χ1v) is 5.84. The Kier molecular flexibility index (Phi) is 3.80. The molecule has 2 rings (SSSR count). The molecule has 0 saturated heterocycles. The highest BCUT2D eigenvalue weighted by Crippen LogP contribution is 2.33. The van der Waals surface area contributed by atoms with Crippen molar-refractivity contribution < 1.29 is 22.3 Å². The van der Waals surface area contributed by atoms with Crippen molar-refractivity contribution in [3.63, 3.8) is 0 Å². The lowest BCUT2D eigenvalue weighted by atomic mass is 10.0. The van der Waals surface area contributed by atoms with E-state index in [0.717, 1.165) is 25.0 Å². The summed E-state index contributed by atoms with van der Waals surface area (Å²) in [4.78, 5) is 0. The van der Waals surface area contributed by atoms with Gasteiger partial charge in [-0.3, -0.25) is 0 Å². The molecule has 1 atom stereocenters. The van der Waals surface area contributed by atoms with Crippen molar-refractivity contribution in [2.75, 3.05) is 6.61 Å². The quantitative estimate of drug-likeness (QED) is 0.838. The maximum Gasteiger partial charge on any atom is 0.416 e. The molecule has 1 aliphatic heterocycles. The number of nitrogens with two attached hydrogens (primary N) is 1. The molecule has 104 valence electrons. The fourth-order valence-electron chi connectivity index (χ4n) is 1.91. The lowest BCUT2D eigenvalue weighted by Gasteiger charge is -2.22. The van der Waals surface area contributed by atoms with Crippen molar-refractivity contribution in [3.8, 4) is 0 Å². The predicted octanol–water partition coefficient (Wildman–Crippen LogP) is 3.54. The van der Waals surface area contributed by atoms with Crippen LogP contribution in [0.1, 0.15) is 30.0 Å². The molecule has 1 aliphatic rings. The predicted molar refractivity (Wildman–Crippen MR) is 61.6 cm³/mol. The number of benzene rings is 1. The minimum absolute atomic E-state index is 0.206. The van der Waals surface area contributed by atoms with Gasteiger partial charge in [-0.2, -0.15) is 13.2 Å². The summed E-state index contributed by atoms with van der Waals surface area (Å²) in [5.41, 5.74) is 4.66. The van der Waals surface area contributed by atoms with Crippen molar-refractivity contribution in [1.29, 1.82) is 0 Å². The SMILES string of the molecule is NC(C1=CCCCO1)c1cc(C(F)(F)F)ccc1F. The lowest BCUT2D eigenvalue weighted by Crippen LogP contribution is -2.20. The summed E-state index contributed by atoms with van der Waals surface area (Å²) in [6.07, 6.45) is -1.29. The van der Waals surface area contributed by atoms with E-state index in [1.807, 2.05) is 0 Å². The van der Waals surface area contributed by atoms with Crippen molar-refractivity contribution in [2.24, 2.45) is 5.73 Å². The Hall–Kier alpha value is -1.56. The van der Waals surface area contributed by atoms with Crippen LogP contribution in [0.3, 0.4) is 0 Å². The summed E-state index contributed by atoms with van der Waals surface area (Å²) < 4.78 is 56.7. The summed E-state index contributed by atoms with van der Waals surface area (Å²) in [7, 11) is 0. The molecule has 0 aliphatic carbocycles. The molecular formula is C13H13F4NO. The zero-order chi connectivity index (χ0) is 14.0. The molecule has 1 unspecified atom stereocenters. The van der Waals surface area contributed by atoms with Crippen molar-refractivity contribution in [3.05, 3.63) is 47.0 Å². The second-order valence-electron chi connectivity index (χ2n) is 4.31. The Morgan fingerprint density at radius 3 is 2.58 bits per heavy atom. The van der Waals surface area contributed by atoms with Crippen LogP contribution in [0.25, 0.3) is 0 Å². The topological polar surface area (TPSA) is 35.2 Å². The van der Waals surface area contributed by atoms with Crippen LogP contribution < -0.4 is 5.73 Å². The average Bonchev–Trinajstić information content (AvgIpc) is 2.38. The molecule has 2 nitrogen and oxygen atoms in total. The Morgan fingerprint density at radius 1 is 1.26 bits per heavy atom. The number of rotatable bonds is 2. The van der Waals surface area contributed by atoms with Crippen LogP contribution in [-0.2, 0) is 10.9 Å². The van der Waals surface area contributed by atoms with Gasteiger partial charge in [0, 0.05) is 5.56 Å². The van der Waals surface area contributed by atoms with Gasteiger partial charge in [0.05, 0.1) is 18.2 Å². The molecule has 1 aromatic rings. The smallest absolute Gasteiger partial charge is 0.416 e. The summed E-state index contributed by atoms with van der Waals surface area (Å²) in [6.45, 7) is 0.445. The van der Waals surface area contributed by atoms with E-state index in [4.69, 9.17) is 10.5 Å². The van der Waals surface area contributed by atoms with Crippen LogP contribution in [0.5, 0.6) is 0 Å². The van der Waals surface area contributed by atoms with Gasteiger partial charge in [-0.25, -0.2) is 4.39 Å². The van der Waals surface area contributed by atoms with Crippen molar-refractivity contribution >= 4 is 0 Å². The normalized spacial score (nSPS) is 17.6. The first-order chi connectivity index (χ1) is 8.89. The maximum absolute atomic E-state index is 13.6. The third-order valence-electron chi connectivity index (χ3n) is 2.93. The lowest BCUT2D eigenvalue weighted by molar-refractivity contribution is -0.137. The molecule has 0 bridgehead atoms. The van der Waals surface area contributed by atoms with E-state index in [-0.39, 0.29) is 5.56 Å². The van der Waals surface area contributed by atoms with Gasteiger partial charge in [-0.1, -0.05) is 0 Å². The Balaban J connectivity index is 2.35. The summed E-state index contributed by atoms with van der Waals surface area (Å²) >= 11 is 0. The van der Waals surface area contributed by atoms with Crippen LogP contribution >= 0.6 is 0 Å². The van der Waals surface area contributed by atoms with Gasteiger partial charge >= 0.3 is 6.18 Å². The molecule has 0 radical (unpaired) electrons. The second kappa shape index (κ2) is 5.21. The van der Waals surface area contributed by atoms with E-state index in [1.54, 1.807) is 6.08 Å². The molecule has 0 spiro atoms. The van der Waals surface area contributed by atoms with Crippen LogP contribution in [0.4, 0.5) is 17.6 Å². The molecule has 2 N–H and O–H groups in total. The van der Waals surface area contributed by atoms with Crippen LogP contribution in [0, 0.1) is 5.82 Å². The average molecular weight is 275 g/mol. The summed E-state index contributed by atoms with van der Waals surface area (Å²) in [5.74, 6) is -0.444. The molecule has 0 amide bonds. The molecule has 1 aromatic carbocycles. The fourth-order valence-corrected chi connectivity index (χ4v) is 1.91. The maximum atomic E-state index is 13.6. The van der Waals surface area contributed by atoms with Gasteiger partial charge in [0.1, 0.15) is 11.6 Å². The minimum atomic E-state index is -4.52. The van der Waals surface area contributed by atoms with E-state index in [1.165, 1.54) is 0 Å². The molecule has 6 heteroatoms. The molecule has 0 saturated carbocycles. The van der Waals surface area contributed by atoms with Gasteiger partial charge in [0.2, 0.25) is 0 Å². The molecule has 19 heavy (non-hydrogen) atoms. The van der Waals surface area contributed by atoms with Gasteiger partial charge in [0.15, 0.2) is 0 Å². The second-order valence-corrected chi connectivity index (χ2v) is 4.31. The van der Waals surface area contributed by atoms with Crippen LogP contribution in [0.2, 0.25) is 0 Å². The minimum Gasteiger partial charge on any atom is -0.496 e. The molecule has 0 aromatic heterocycles. The highest BCUT2D eigenvalue weighted by atomic mass is 19.4. The van der Waals surface area contributed by atoms with Gasteiger partial charge < -0.3 is 10.5 Å². The highest BCUT2D eigenvalue weighted by molar-refractivity contribution is 5.33. The van der Waals surface area contributed by atoms with Gasteiger partial charge in [-0.05, 0) is 37.1 Å². The largest absolute Gasteiger partial charge is 0.496 e. The number of hydrogen-bond donors (Lipinski definition) is 1. The molecular weight excluding hydrogens is 262 g/mol. The van der Waals surface area contributed by atoms with E-state index >= 15 is 0 Å². The number of alkyl halides is 3. The van der Waals surface area contributed by atoms with Gasteiger partial charge in [-0.15, -0.1) is 0 Å². The number of hydrogen-bond acceptors (Lipinski definition) is 2. The summed E-state index contributed by atoms with van der Waals surface area (Å²) in [6, 6.07) is 1.20. The van der Waals surface area contributed by atoms with E-state index in [9.17, 15) is 17.6 Å². The third kappa shape index (κ3) is 3.07. The first-order valence-electron chi connectivity index (χ1n) is 5.84. The number of halogens is 4. The van der Waals surface area contributed by atoms with Crippen LogP contribution in [-0.4, -0.2) is 6.61 Å².